The molecule has 1 unspecified atom stereocenters. The lowest BCUT2D eigenvalue weighted by molar-refractivity contribution is -0.131. The van der Waals surface area contributed by atoms with E-state index in [1.54, 1.807) is 11.8 Å². The monoisotopic (exact) mass is 186 g/mol. The first-order chi connectivity index (χ1) is 6.15. The Labute approximate surface area is 78.7 Å². The number of rotatable bonds is 3. The standard InChI is InChI=1S/C9H18N2O2/c1-7(10)9(13)11-4-2-8(6-11)3-5-12/h7-8,12H,2-6,10H2,1H3/t7-,8?/m0/s1. The van der Waals surface area contributed by atoms with Crippen molar-refractivity contribution in [2.24, 2.45) is 11.7 Å². The van der Waals surface area contributed by atoms with Crippen molar-refractivity contribution >= 4 is 5.91 Å². The van der Waals surface area contributed by atoms with Crippen LogP contribution in [0.3, 0.4) is 0 Å². The van der Waals surface area contributed by atoms with E-state index in [1.165, 1.54) is 0 Å². The molecular formula is C9H18N2O2. The second-order valence-electron chi connectivity index (χ2n) is 3.74. The Morgan fingerprint density at radius 2 is 2.46 bits per heavy atom. The van der Waals surface area contributed by atoms with E-state index in [4.69, 9.17) is 10.8 Å². The van der Waals surface area contributed by atoms with Crippen molar-refractivity contribution in [2.75, 3.05) is 19.7 Å². The van der Waals surface area contributed by atoms with Crippen LogP contribution in [-0.4, -0.2) is 41.7 Å². The Morgan fingerprint density at radius 3 is 3.00 bits per heavy atom. The van der Waals surface area contributed by atoms with Crippen molar-refractivity contribution in [3.63, 3.8) is 0 Å². The molecule has 76 valence electrons. The summed E-state index contributed by atoms with van der Waals surface area (Å²) in [6.07, 6.45) is 1.79. The molecule has 1 saturated heterocycles. The highest BCUT2D eigenvalue weighted by molar-refractivity contribution is 5.81. The molecule has 1 heterocycles. The van der Waals surface area contributed by atoms with Gasteiger partial charge < -0.3 is 15.7 Å². The predicted octanol–water partition coefficient (Wildman–Crippen LogP) is -0.435. The number of hydrogen-bond acceptors (Lipinski definition) is 3. The summed E-state index contributed by atoms with van der Waals surface area (Å²) >= 11 is 0. The molecule has 0 radical (unpaired) electrons. The van der Waals surface area contributed by atoms with E-state index in [0.29, 0.717) is 5.92 Å². The first-order valence-electron chi connectivity index (χ1n) is 4.80. The summed E-state index contributed by atoms with van der Waals surface area (Å²) in [5, 5.41) is 8.73. The van der Waals surface area contributed by atoms with Crippen LogP contribution >= 0.6 is 0 Å². The van der Waals surface area contributed by atoms with Gasteiger partial charge in [0.1, 0.15) is 0 Å². The van der Waals surface area contributed by atoms with Crippen molar-refractivity contribution in [1.29, 1.82) is 0 Å². The third-order valence-corrected chi connectivity index (χ3v) is 2.52. The zero-order valence-corrected chi connectivity index (χ0v) is 8.07. The predicted molar refractivity (Wildman–Crippen MR) is 50.0 cm³/mol. The van der Waals surface area contributed by atoms with Gasteiger partial charge in [0.2, 0.25) is 5.91 Å². The van der Waals surface area contributed by atoms with Crippen LogP contribution < -0.4 is 5.73 Å². The van der Waals surface area contributed by atoms with Gasteiger partial charge in [-0.05, 0) is 25.7 Å². The maximum atomic E-state index is 11.4. The molecule has 0 spiro atoms. The molecule has 1 aliphatic rings. The molecule has 0 bridgehead atoms. The third kappa shape index (κ3) is 2.67. The van der Waals surface area contributed by atoms with Gasteiger partial charge in [-0.3, -0.25) is 4.79 Å². The molecule has 0 aromatic heterocycles. The molecule has 1 aliphatic heterocycles. The first-order valence-corrected chi connectivity index (χ1v) is 4.80. The summed E-state index contributed by atoms with van der Waals surface area (Å²) in [5.41, 5.74) is 5.49. The molecule has 4 heteroatoms. The molecule has 3 N–H and O–H groups in total. The van der Waals surface area contributed by atoms with Crippen LogP contribution in [0.15, 0.2) is 0 Å². The maximum Gasteiger partial charge on any atom is 0.239 e. The van der Waals surface area contributed by atoms with Crippen molar-refractivity contribution in [3.05, 3.63) is 0 Å². The van der Waals surface area contributed by atoms with Gasteiger partial charge in [-0.15, -0.1) is 0 Å². The number of carbonyl (C=O) groups excluding carboxylic acids is 1. The van der Waals surface area contributed by atoms with Crippen LogP contribution in [0.2, 0.25) is 0 Å². The minimum atomic E-state index is -0.395. The third-order valence-electron chi connectivity index (χ3n) is 2.52. The Balaban J connectivity index is 2.36. The lowest BCUT2D eigenvalue weighted by Crippen LogP contribution is -2.40. The van der Waals surface area contributed by atoms with E-state index in [1.807, 2.05) is 0 Å². The second kappa shape index (κ2) is 4.58. The number of nitrogens with two attached hydrogens (primary N) is 1. The maximum absolute atomic E-state index is 11.4. The molecule has 1 fully saturated rings. The van der Waals surface area contributed by atoms with Gasteiger partial charge in [0.25, 0.3) is 0 Å². The molecule has 1 rings (SSSR count). The summed E-state index contributed by atoms with van der Waals surface area (Å²) in [5.74, 6) is 0.494. The molecule has 13 heavy (non-hydrogen) atoms. The van der Waals surface area contributed by atoms with E-state index < -0.39 is 6.04 Å². The van der Waals surface area contributed by atoms with Gasteiger partial charge in [-0.25, -0.2) is 0 Å². The smallest absolute Gasteiger partial charge is 0.239 e. The van der Waals surface area contributed by atoms with Crippen LogP contribution in [-0.2, 0) is 4.79 Å². The fraction of sp³-hybridized carbons (Fsp3) is 0.889. The number of aliphatic hydroxyl groups excluding tert-OH is 1. The Bertz CT molecular complexity index is 182. The zero-order valence-electron chi connectivity index (χ0n) is 8.07. The van der Waals surface area contributed by atoms with Crippen molar-refractivity contribution in [2.45, 2.75) is 25.8 Å². The fourth-order valence-electron chi connectivity index (χ4n) is 1.74. The highest BCUT2D eigenvalue weighted by Gasteiger charge is 2.26. The SMILES string of the molecule is C[C@H](N)C(=O)N1CCC(CCO)C1. The van der Waals surface area contributed by atoms with Gasteiger partial charge in [0.05, 0.1) is 6.04 Å². The Hall–Kier alpha value is -0.610. The lowest BCUT2D eigenvalue weighted by atomic mass is 10.1. The fourth-order valence-corrected chi connectivity index (χ4v) is 1.74. The number of amides is 1. The van der Waals surface area contributed by atoms with Crippen LogP contribution in [0, 0.1) is 5.92 Å². The molecule has 0 aromatic carbocycles. The molecular weight excluding hydrogens is 168 g/mol. The Morgan fingerprint density at radius 1 is 1.77 bits per heavy atom. The summed E-state index contributed by atoms with van der Waals surface area (Å²) in [4.78, 5) is 13.2. The topological polar surface area (TPSA) is 66.6 Å². The zero-order chi connectivity index (χ0) is 9.84. The van der Waals surface area contributed by atoms with E-state index in [2.05, 4.69) is 0 Å². The average molecular weight is 186 g/mol. The van der Waals surface area contributed by atoms with E-state index in [0.717, 1.165) is 25.9 Å². The number of aliphatic hydroxyl groups is 1. The molecule has 1 amide bonds. The average Bonchev–Trinajstić information content (AvgIpc) is 2.52. The summed E-state index contributed by atoms with van der Waals surface area (Å²) < 4.78 is 0. The first kappa shape index (κ1) is 10.5. The number of likely N-dealkylation sites (tertiary alicyclic amines) is 1. The molecule has 0 saturated carbocycles. The second-order valence-corrected chi connectivity index (χ2v) is 3.74. The van der Waals surface area contributed by atoms with Crippen LogP contribution in [0.4, 0.5) is 0 Å². The quantitative estimate of drug-likeness (QED) is 0.628. The normalized spacial score (nSPS) is 24.8. The van der Waals surface area contributed by atoms with Gasteiger partial charge in [-0.2, -0.15) is 0 Å². The molecule has 2 atom stereocenters. The van der Waals surface area contributed by atoms with Gasteiger partial charge in [-0.1, -0.05) is 0 Å². The highest BCUT2D eigenvalue weighted by atomic mass is 16.3. The molecule has 0 aliphatic carbocycles. The summed E-state index contributed by atoms with van der Waals surface area (Å²) in [6.45, 7) is 3.48. The highest BCUT2D eigenvalue weighted by Crippen LogP contribution is 2.19. The van der Waals surface area contributed by atoms with E-state index >= 15 is 0 Å². The van der Waals surface area contributed by atoms with E-state index in [-0.39, 0.29) is 12.5 Å². The Kier molecular flexibility index (Phi) is 3.69. The van der Waals surface area contributed by atoms with Gasteiger partial charge >= 0.3 is 0 Å². The minimum absolute atomic E-state index is 0.0282. The molecule has 0 aromatic rings. The lowest BCUT2D eigenvalue weighted by Gasteiger charge is -2.18. The van der Waals surface area contributed by atoms with Crippen LogP contribution in [0.1, 0.15) is 19.8 Å². The number of hydrogen-bond donors (Lipinski definition) is 2. The van der Waals surface area contributed by atoms with E-state index in [9.17, 15) is 4.79 Å². The van der Waals surface area contributed by atoms with Crippen molar-refractivity contribution in [3.8, 4) is 0 Å². The summed E-state index contributed by atoms with van der Waals surface area (Å²) in [6, 6.07) is -0.395. The summed E-state index contributed by atoms with van der Waals surface area (Å²) in [7, 11) is 0. The minimum Gasteiger partial charge on any atom is -0.396 e. The molecule has 4 nitrogen and oxygen atoms in total. The number of carbonyl (C=O) groups is 1. The number of nitrogens with zero attached hydrogens (tertiary/aromatic N) is 1. The van der Waals surface area contributed by atoms with Crippen LogP contribution in [0.5, 0.6) is 0 Å². The largest absolute Gasteiger partial charge is 0.396 e. The van der Waals surface area contributed by atoms with Crippen molar-refractivity contribution < 1.29 is 9.90 Å². The van der Waals surface area contributed by atoms with Gasteiger partial charge in [0.15, 0.2) is 0 Å². The van der Waals surface area contributed by atoms with Crippen LogP contribution in [0.25, 0.3) is 0 Å². The van der Waals surface area contributed by atoms with Gasteiger partial charge in [0, 0.05) is 19.7 Å². The van der Waals surface area contributed by atoms with Crippen molar-refractivity contribution in [1.82, 2.24) is 4.90 Å².